The summed E-state index contributed by atoms with van der Waals surface area (Å²) in [4.78, 5) is 0. The number of allylic oxidation sites excluding steroid dienone is 2. The van der Waals surface area contributed by atoms with Gasteiger partial charge >= 0.3 is 0 Å². The summed E-state index contributed by atoms with van der Waals surface area (Å²) in [5.74, 6) is 0.700. The van der Waals surface area contributed by atoms with Gasteiger partial charge in [0.15, 0.2) is 0 Å². The van der Waals surface area contributed by atoms with E-state index in [9.17, 15) is 0 Å². The summed E-state index contributed by atoms with van der Waals surface area (Å²) in [5, 5.41) is 0. The fourth-order valence-corrected chi connectivity index (χ4v) is 1.81. The van der Waals surface area contributed by atoms with Crippen LogP contribution in [0.5, 0.6) is 0 Å². The molecule has 0 aliphatic rings. The summed E-state index contributed by atoms with van der Waals surface area (Å²) in [6.45, 7) is 4.38. The molecule has 0 heterocycles. The molecule has 1 rings (SSSR count). The van der Waals surface area contributed by atoms with Gasteiger partial charge in [0.2, 0.25) is 0 Å². The Morgan fingerprint density at radius 2 is 1.94 bits per heavy atom. The summed E-state index contributed by atoms with van der Waals surface area (Å²) in [7, 11) is 0. The van der Waals surface area contributed by atoms with Crippen LogP contribution in [0.3, 0.4) is 0 Å². The van der Waals surface area contributed by atoms with Crippen LogP contribution in [0.2, 0.25) is 0 Å². The standard InChI is InChI=1S/C15H21Cl/c1-3-4-7-14-8-10-15(11-9-14)13(2)6-5-12-16/h6,8-11H,3-5,7,12H2,1-2H3/b13-6+. The van der Waals surface area contributed by atoms with Crippen LogP contribution in [0.15, 0.2) is 30.3 Å². The highest BCUT2D eigenvalue weighted by atomic mass is 35.5. The van der Waals surface area contributed by atoms with Crippen LogP contribution in [0.4, 0.5) is 0 Å². The Morgan fingerprint density at radius 1 is 1.25 bits per heavy atom. The quantitative estimate of drug-likeness (QED) is 0.606. The minimum absolute atomic E-state index is 0.700. The average Bonchev–Trinajstić information content (AvgIpc) is 2.34. The zero-order valence-corrected chi connectivity index (χ0v) is 11.1. The number of rotatable bonds is 6. The Hall–Kier alpha value is -0.750. The molecular formula is C15H21Cl. The zero-order valence-electron chi connectivity index (χ0n) is 10.3. The van der Waals surface area contributed by atoms with E-state index in [2.05, 4.69) is 44.2 Å². The first-order valence-electron chi connectivity index (χ1n) is 6.10. The van der Waals surface area contributed by atoms with E-state index in [1.807, 2.05) is 0 Å². The topological polar surface area (TPSA) is 0 Å². The maximum absolute atomic E-state index is 5.67. The first-order valence-corrected chi connectivity index (χ1v) is 6.63. The molecule has 16 heavy (non-hydrogen) atoms. The van der Waals surface area contributed by atoms with Gasteiger partial charge in [-0.05, 0) is 42.9 Å². The number of hydrogen-bond acceptors (Lipinski definition) is 0. The van der Waals surface area contributed by atoms with Gasteiger partial charge in [-0.15, -0.1) is 11.6 Å². The van der Waals surface area contributed by atoms with Gasteiger partial charge in [0.25, 0.3) is 0 Å². The Labute approximate surface area is 104 Å². The fourth-order valence-electron chi connectivity index (χ4n) is 1.70. The van der Waals surface area contributed by atoms with E-state index in [-0.39, 0.29) is 0 Å². The van der Waals surface area contributed by atoms with Gasteiger partial charge in [0.1, 0.15) is 0 Å². The molecule has 0 aromatic heterocycles. The average molecular weight is 237 g/mol. The van der Waals surface area contributed by atoms with Crippen molar-refractivity contribution in [2.45, 2.75) is 39.5 Å². The normalized spacial score (nSPS) is 11.8. The monoisotopic (exact) mass is 236 g/mol. The number of benzene rings is 1. The van der Waals surface area contributed by atoms with Crippen molar-refractivity contribution in [3.05, 3.63) is 41.5 Å². The molecule has 0 atom stereocenters. The summed E-state index contributed by atoms with van der Waals surface area (Å²) < 4.78 is 0. The number of unbranched alkanes of at least 4 members (excludes halogenated alkanes) is 1. The second-order valence-electron chi connectivity index (χ2n) is 4.17. The lowest BCUT2D eigenvalue weighted by Crippen LogP contribution is -1.86. The first-order chi connectivity index (χ1) is 7.77. The van der Waals surface area contributed by atoms with Crippen molar-refractivity contribution in [1.29, 1.82) is 0 Å². The van der Waals surface area contributed by atoms with Crippen molar-refractivity contribution in [1.82, 2.24) is 0 Å². The van der Waals surface area contributed by atoms with Gasteiger partial charge in [-0.3, -0.25) is 0 Å². The van der Waals surface area contributed by atoms with Crippen LogP contribution in [-0.2, 0) is 6.42 Å². The molecule has 88 valence electrons. The van der Waals surface area contributed by atoms with Crippen LogP contribution in [0, 0.1) is 0 Å². The molecule has 0 bridgehead atoms. The van der Waals surface area contributed by atoms with Crippen LogP contribution in [0.25, 0.3) is 5.57 Å². The van der Waals surface area contributed by atoms with E-state index >= 15 is 0 Å². The van der Waals surface area contributed by atoms with E-state index in [4.69, 9.17) is 11.6 Å². The largest absolute Gasteiger partial charge is 0.126 e. The van der Waals surface area contributed by atoms with Gasteiger partial charge in [0.05, 0.1) is 0 Å². The van der Waals surface area contributed by atoms with Gasteiger partial charge < -0.3 is 0 Å². The highest BCUT2D eigenvalue weighted by Crippen LogP contribution is 2.16. The number of alkyl halides is 1. The van der Waals surface area contributed by atoms with Crippen molar-refractivity contribution in [3.63, 3.8) is 0 Å². The van der Waals surface area contributed by atoms with Crippen LogP contribution < -0.4 is 0 Å². The van der Waals surface area contributed by atoms with Crippen LogP contribution in [-0.4, -0.2) is 5.88 Å². The highest BCUT2D eigenvalue weighted by Gasteiger charge is 1.96. The molecular weight excluding hydrogens is 216 g/mol. The number of hydrogen-bond donors (Lipinski definition) is 0. The molecule has 0 fully saturated rings. The van der Waals surface area contributed by atoms with Gasteiger partial charge in [0, 0.05) is 5.88 Å². The minimum atomic E-state index is 0.700. The molecule has 1 aromatic carbocycles. The molecule has 1 heteroatoms. The van der Waals surface area contributed by atoms with Crippen LogP contribution in [0.1, 0.15) is 44.2 Å². The van der Waals surface area contributed by atoms with Crippen molar-refractivity contribution in [2.75, 3.05) is 5.88 Å². The smallest absolute Gasteiger partial charge is 0.0258 e. The predicted octanol–water partition coefficient (Wildman–Crippen LogP) is 5.06. The minimum Gasteiger partial charge on any atom is -0.126 e. The zero-order chi connectivity index (χ0) is 11.8. The SMILES string of the molecule is CCCCc1ccc(/C(C)=C/CCCl)cc1. The molecule has 0 saturated carbocycles. The molecule has 0 nitrogen and oxygen atoms in total. The first kappa shape index (κ1) is 13.3. The van der Waals surface area contributed by atoms with Crippen molar-refractivity contribution in [3.8, 4) is 0 Å². The van der Waals surface area contributed by atoms with E-state index in [0.717, 1.165) is 6.42 Å². The molecule has 0 saturated heterocycles. The summed E-state index contributed by atoms with van der Waals surface area (Å²) >= 11 is 5.67. The maximum atomic E-state index is 5.67. The third kappa shape index (κ3) is 4.40. The Kier molecular flexibility index (Phi) is 6.25. The molecule has 0 unspecified atom stereocenters. The third-order valence-corrected chi connectivity index (χ3v) is 3.01. The van der Waals surface area contributed by atoms with Crippen LogP contribution >= 0.6 is 11.6 Å². The van der Waals surface area contributed by atoms with E-state index in [1.54, 1.807) is 0 Å². The number of aryl methyl sites for hydroxylation is 1. The van der Waals surface area contributed by atoms with E-state index in [0.29, 0.717) is 5.88 Å². The molecule has 0 N–H and O–H groups in total. The third-order valence-electron chi connectivity index (χ3n) is 2.79. The van der Waals surface area contributed by atoms with Crippen molar-refractivity contribution < 1.29 is 0 Å². The van der Waals surface area contributed by atoms with E-state index < -0.39 is 0 Å². The number of halogens is 1. The second-order valence-corrected chi connectivity index (χ2v) is 4.54. The van der Waals surface area contributed by atoms with Gasteiger partial charge in [-0.2, -0.15) is 0 Å². The summed E-state index contributed by atoms with van der Waals surface area (Å²) in [6, 6.07) is 8.90. The second kappa shape index (κ2) is 7.51. The molecule has 0 amide bonds. The maximum Gasteiger partial charge on any atom is 0.0258 e. The van der Waals surface area contributed by atoms with E-state index in [1.165, 1.54) is 36.0 Å². The Bertz CT molecular complexity index is 322. The summed E-state index contributed by atoms with van der Waals surface area (Å²) in [6.07, 6.45) is 6.89. The summed E-state index contributed by atoms with van der Waals surface area (Å²) in [5.41, 5.74) is 4.07. The highest BCUT2D eigenvalue weighted by molar-refractivity contribution is 6.17. The predicted molar refractivity (Wildman–Crippen MR) is 74.0 cm³/mol. The van der Waals surface area contributed by atoms with Crippen molar-refractivity contribution in [2.24, 2.45) is 0 Å². The van der Waals surface area contributed by atoms with Crippen molar-refractivity contribution >= 4 is 17.2 Å². The Morgan fingerprint density at radius 3 is 2.50 bits per heavy atom. The molecule has 0 radical (unpaired) electrons. The molecule has 0 spiro atoms. The molecule has 0 aliphatic heterocycles. The van der Waals surface area contributed by atoms with Gasteiger partial charge in [-0.1, -0.05) is 43.7 Å². The lowest BCUT2D eigenvalue weighted by molar-refractivity contribution is 0.795. The fraction of sp³-hybridized carbons (Fsp3) is 0.467. The lowest BCUT2D eigenvalue weighted by Gasteiger charge is -2.04. The Balaban J connectivity index is 2.63. The van der Waals surface area contributed by atoms with Gasteiger partial charge in [-0.25, -0.2) is 0 Å². The molecule has 0 aliphatic carbocycles. The molecule has 1 aromatic rings. The lowest BCUT2D eigenvalue weighted by atomic mass is 10.0.